The van der Waals surface area contributed by atoms with Crippen molar-refractivity contribution < 1.29 is 4.74 Å². The van der Waals surface area contributed by atoms with Crippen LogP contribution in [0.1, 0.15) is 0 Å². The fraction of sp³-hybridized carbons (Fsp3) is 0. The van der Waals surface area contributed by atoms with Gasteiger partial charge in [-0.3, -0.25) is 0 Å². The number of benzene rings is 7. The molecule has 1 aliphatic heterocycles. The van der Waals surface area contributed by atoms with Gasteiger partial charge in [0.1, 0.15) is 11.5 Å². The summed E-state index contributed by atoms with van der Waals surface area (Å²) in [6.07, 6.45) is 0. The summed E-state index contributed by atoms with van der Waals surface area (Å²) in [4.78, 5) is 0. The lowest BCUT2D eigenvalue weighted by molar-refractivity contribution is 0.487. The van der Waals surface area contributed by atoms with Crippen molar-refractivity contribution in [2.24, 2.45) is 0 Å². The first-order chi connectivity index (χ1) is 19.8. The molecule has 0 unspecified atom stereocenters. The summed E-state index contributed by atoms with van der Waals surface area (Å²) in [6, 6.07) is 50.1. The molecular formula is C38H23NO. The lowest BCUT2D eigenvalue weighted by Crippen LogP contribution is -1.98. The van der Waals surface area contributed by atoms with Gasteiger partial charge in [0.15, 0.2) is 0 Å². The lowest BCUT2D eigenvalue weighted by Gasteiger charge is -2.22. The molecule has 7 aromatic carbocycles. The standard InChI is InChI=1S/C38H23NO/c1-2-13-27(14-3-1)39-33-18-7-6-16-30(33)37-28-15-5-4-10-25(28)22-31(38(37)39)26-20-21-34-32(23-26)29-17-8-11-24-12-9-19-35(40-34)36(24)29/h1-23H. The normalized spacial score (nSPS) is 12.2. The highest BCUT2D eigenvalue weighted by molar-refractivity contribution is 6.25. The van der Waals surface area contributed by atoms with E-state index in [0.717, 1.165) is 22.7 Å². The molecule has 0 atom stereocenters. The van der Waals surface area contributed by atoms with Gasteiger partial charge in [-0.1, -0.05) is 97.1 Å². The summed E-state index contributed by atoms with van der Waals surface area (Å²) < 4.78 is 8.86. The second-order valence-corrected chi connectivity index (χ2v) is 10.5. The monoisotopic (exact) mass is 509 g/mol. The van der Waals surface area contributed by atoms with Crippen LogP contribution in [0.3, 0.4) is 0 Å². The molecule has 0 saturated heterocycles. The summed E-state index contributed by atoms with van der Waals surface area (Å²) in [5.74, 6) is 1.82. The maximum Gasteiger partial charge on any atom is 0.135 e. The van der Waals surface area contributed by atoms with Crippen molar-refractivity contribution in [2.75, 3.05) is 0 Å². The molecule has 0 amide bonds. The highest BCUT2D eigenvalue weighted by atomic mass is 16.5. The van der Waals surface area contributed by atoms with Gasteiger partial charge in [0, 0.05) is 33.0 Å². The molecule has 186 valence electrons. The topological polar surface area (TPSA) is 14.2 Å². The van der Waals surface area contributed by atoms with Gasteiger partial charge in [0.05, 0.1) is 11.0 Å². The quantitative estimate of drug-likeness (QED) is 0.226. The average molecular weight is 510 g/mol. The minimum absolute atomic E-state index is 0.899. The first kappa shape index (κ1) is 21.6. The summed E-state index contributed by atoms with van der Waals surface area (Å²) in [5, 5.41) is 7.43. The first-order valence-corrected chi connectivity index (χ1v) is 13.7. The van der Waals surface area contributed by atoms with Crippen LogP contribution in [0.2, 0.25) is 0 Å². The highest BCUT2D eigenvalue weighted by Gasteiger charge is 2.23. The Balaban J connectivity index is 1.42. The van der Waals surface area contributed by atoms with Crippen molar-refractivity contribution in [3.05, 3.63) is 140 Å². The zero-order valence-corrected chi connectivity index (χ0v) is 21.6. The molecule has 0 N–H and O–H groups in total. The van der Waals surface area contributed by atoms with Gasteiger partial charge in [-0.15, -0.1) is 0 Å². The van der Waals surface area contributed by atoms with Gasteiger partial charge in [-0.05, 0) is 69.8 Å². The molecule has 40 heavy (non-hydrogen) atoms. The predicted octanol–water partition coefficient (Wildman–Crippen LogP) is 10.5. The molecule has 0 saturated carbocycles. The zero-order valence-electron chi connectivity index (χ0n) is 21.6. The lowest BCUT2D eigenvalue weighted by atomic mass is 9.91. The Kier molecular flexibility index (Phi) is 4.36. The van der Waals surface area contributed by atoms with E-state index >= 15 is 0 Å². The minimum atomic E-state index is 0.899. The van der Waals surface area contributed by atoms with Gasteiger partial charge < -0.3 is 9.30 Å². The summed E-state index contributed by atoms with van der Waals surface area (Å²) in [5.41, 5.74) is 8.33. The van der Waals surface area contributed by atoms with Gasteiger partial charge in [0.2, 0.25) is 0 Å². The number of rotatable bonds is 2. The third-order valence-electron chi connectivity index (χ3n) is 8.34. The van der Waals surface area contributed by atoms with E-state index in [-0.39, 0.29) is 0 Å². The molecule has 0 spiro atoms. The highest BCUT2D eigenvalue weighted by Crippen LogP contribution is 2.49. The van der Waals surface area contributed by atoms with Crippen molar-refractivity contribution in [3.63, 3.8) is 0 Å². The number of hydrogen-bond acceptors (Lipinski definition) is 1. The molecule has 1 aromatic heterocycles. The number of ether oxygens (including phenoxy) is 1. The Morgan fingerprint density at radius 2 is 1.20 bits per heavy atom. The van der Waals surface area contributed by atoms with Crippen LogP contribution in [0.25, 0.3) is 71.3 Å². The van der Waals surface area contributed by atoms with E-state index in [4.69, 9.17) is 4.74 Å². The molecular weight excluding hydrogens is 486 g/mol. The second-order valence-electron chi connectivity index (χ2n) is 10.5. The van der Waals surface area contributed by atoms with E-state index in [1.807, 2.05) is 0 Å². The van der Waals surface area contributed by atoms with Crippen molar-refractivity contribution in [2.45, 2.75) is 0 Å². The number of hydrogen-bond donors (Lipinski definition) is 0. The summed E-state index contributed by atoms with van der Waals surface area (Å²) in [7, 11) is 0. The summed E-state index contributed by atoms with van der Waals surface area (Å²) >= 11 is 0. The van der Waals surface area contributed by atoms with Gasteiger partial charge in [0.25, 0.3) is 0 Å². The van der Waals surface area contributed by atoms with Crippen molar-refractivity contribution in [3.8, 4) is 39.4 Å². The van der Waals surface area contributed by atoms with Crippen LogP contribution in [0.15, 0.2) is 140 Å². The SMILES string of the molecule is c1ccc(-n2c3ccccc3c3c4ccccc4cc(-c4ccc5c(c4)-c4cccc6cccc(c46)O5)c32)cc1. The van der Waals surface area contributed by atoms with E-state index in [1.165, 1.54) is 60.0 Å². The molecule has 2 heterocycles. The second kappa shape index (κ2) is 8.08. The molecule has 2 nitrogen and oxygen atoms in total. The molecule has 0 fully saturated rings. The van der Waals surface area contributed by atoms with Crippen LogP contribution < -0.4 is 4.74 Å². The molecule has 0 aliphatic carbocycles. The van der Waals surface area contributed by atoms with E-state index in [9.17, 15) is 0 Å². The van der Waals surface area contributed by atoms with Gasteiger partial charge >= 0.3 is 0 Å². The van der Waals surface area contributed by atoms with Gasteiger partial charge in [-0.25, -0.2) is 0 Å². The van der Waals surface area contributed by atoms with Crippen LogP contribution in [0.4, 0.5) is 0 Å². The third kappa shape index (κ3) is 2.93. The van der Waals surface area contributed by atoms with Crippen LogP contribution in [0, 0.1) is 0 Å². The Morgan fingerprint density at radius 3 is 2.10 bits per heavy atom. The number of fused-ring (bicyclic) bond motifs is 7. The van der Waals surface area contributed by atoms with E-state index in [1.54, 1.807) is 0 Å². The van der Waals surface area contributed by atoms with E-state index < -0.39 is 0 Å². The number of nitrogens with zero attached hydrogens (tertiary/aromatic N) is 1. The smallest absolute Gasteiger partial charge is 0.135 e. The van der Waals surface area contributed by atoms with Crippen LogP contribution >= 0.6 is 0 Å². The molecule has 1 aliphatic rings. The maximum absolute atomic E-state index is 6.43. The molecule has 0 radical (unpaired) electrons. The number of para-hydroxylation sites is 2. The van der Waals surface area contributed by atoms with Crippen molar-refractivity contribution >= 4 is 43.4 Å². The van der Waals surface area contributed by atoms with Gasteiger partial charge in [-0.2, -0.15) is 0 Å². The van der Waals surface area contributed by atoms with E-state index in [0.29, 0.717) is 0 Å². The third-order valence-corrected chi connectivity index (χ3v) is 8.34. The van der Waals surface area contributed by atoms with E-state index in [2.05, 4.69) is 144 Å². The average Bonchev–Trinajstić information content (AvgIpc) is 3.37. The molecule has 8 aromatic rings. The number of aromatic nitrogens is 1. The van der Waals surface area contributed by atoms with Crippen LogP contribution in [-0.2, 0) is 0 Å². The Labute approximate surface area is 231 Å². The largest absolute Gasteiger partial charge is 0.456 e. The van der Waals surface area contributed by atoms with Crippen LogP contribution in [-0.4, -0.2) is 4.57 Å². The fourth-order valence-corrected chi connectivity index (χ4v) is 6.64. The zero-order chi connectivity index (χ0) is 26.2. The maximum atomic E-state index is 6.43. The summed E-state index contributed by atoms with van der Waals surface area (Å²) in [6.45, 7) is 0. The molecule has 0 bridgehead atoms. The minimum Gasteiger partial charge on any atom is -0.456 e. The Hall–Kier alpha value is -5.34. The first-order valence-electron chi connectivity index (χ1n) is 13.7. The predicted molar refractivity (Wildman–Crippen MR) is 167 cm³/mol. The Bertz CT molecular complexity index is 2290. The molecule has 2 heteroatoms. The Morgan fingerprint density at radius 1 is 0.450 bits per heavy atom. The van der Waals surface area contributed by atoms with Crippen LogP contribution in [0.5, 0.6) is 11.5 Å². The molecule has 9 rings (SSSR count). The van der Waals surface area contributed by atoms with Crippen molar-refractivity contribution in [1.82, 2.24) is 4.57 Å². The fourth-order valence-electron chi connectivity index (χ4n) is 6.64. The van der Waals surface area contributed by atoms with Crippen molar-refractivity contribution in [1.29, 1.82) is 0 Å².